The Labute approximate surface area is 163 Å². The highest BCUT2D eigenvalue weighted by molar-refractivity contribution is 5.98. The number of alkyl halides is 3. The van der Waals surface area contributed by atoms with Crippen molar-refractivity contribution >= 4 is 16.9 Å². The number of amides is 1. The molecule has 2 N–H and O–H groups in total. The van der Waals surface area contributed by atoms with Crippen LogP contribution in [-0.4, -0.2) is 22.1 Å². The van der Waals surface area contributed by atoms with Crippen molar-refractivity contribution < 1.29 is 27.4 Å². The average molecular weight is 403 g/mol. The number of rotatable bonds is 2. The minimum atomic E-state index is -4.44. The Kier molecular flexibility index (Phi) is 3.94. The predicted molar refractivity (Wildman–Crippen MR) is 96.0 cm³/mol. The zero-order chi connectivity index (χ0) is 20.3. The van der Waals surface area contributed by atoms with Crippen molar-refractivity contribution in [2.24, 2.45) is 5.73 Å². The van der Waals surface area contributed by atoms with Crippen molar-refractivity contribution in [2.75, 3.05) is 6.61 Å². The molecule has 6 nitrogen and oxygen atoms in total. The van der Waals surface area contributed by atoms with Crippen molar-refractivity contribution in [1.82, 2.24) is 9.55 Å². The quantitative estimate of drug-likeness (QED) is 0.712. The van der Waals surface area contributed by atoms with Crippen LogP contribution in [0.1, 0.15) is 44.3 Å². The summed E-state index contributed by atoms with van der Waals surface area (Å²) >= 11 is 0. The van der Waals surface area contributed by atoms with E-state index in [9.17, 15) is 18.0 Å². The lowest BCUT2D eigenvalue weighted by molar-refractivity contribution is -0.137. The summed E-state index contributed by atoms with van der Waals surface area (Å²) in [4.78, 5) is 16.6. The molecule has 0 unspecified atom stereocenters. The summed E-state index contributed by atoms with van der Waals surface area (Å²) in [5, 5.41) is 0. The second-order valence-corrected chi connectivity index (χ2v) is 7.19. The minimum absolute atomic E-state index is 0.0698. The largest absolute Gasteiger partial charge is 0.416 e. The Hall–Kier alpha value is -2.91. The van der Waals surface area contributed by atoms with E-state index in [1.54, 1.807) is 16.8 Å². The Morgan fingerprint density at radius 3 is 2.69 bits per heavy atom. The monoisotopic (exact) mass is 403 g/mol. The zero-order valence-electron chi connectivity index (χ0n) is 15.1. The third-order valence-electron chi connectivity index (χ3n) is 5.48. The minimum Gasteiger partial charge on any atom is -0.374 e. The van der Waals surface area contributed by atoms with Gasteiger partial charge in [0.2, 0.25) is 0 Å². The van der Waals surface area contributed by atoms with E-state index in [2.05, 4.69) is 4.98 Å². The molecule has 2 aliphatic heterocycles. The summed E-state index contributed by atoms with van der Waals surface area (Å²) in [6.45, 7) is 1.05. The van der Waals surface area contributed by atoms with Crippen molar-refractivity contribution in [3.05, 3.63) is 64.0 Å². The second-order valence-electron chi connectivity index (χ2n) is 7.19. The van der Waals surface area contributed by atoms with Gasteiger partial charge in [0.1, 0.15) is 5.69 Å². The smallest absolute Gasteiger partial charge is 0.374 e. The lowest BCUT2D eigenvalue weighted by Crippen LogP contribution is -2.28. The van der Waals surface area contributed by atoms with E-state index >= 15 is 0 Å². The normalized spacial score (nSPS) is 18.7. The van der Waals surface area contributed by atoms with Crippen molar-refractivity contribution in [3.8, 4) is 0 Å². The Morgan fingerprint density at radius 1 is 1.14 bits per heavy atom. The number of nitrogens with zero attached hydrogens (tertiary/aromatic N) is 2. The molecule has 9 heteroatoms. The SMILES string of the molecule is NC(=O)c1cc2ncc3c(c2n1[C@@H]1COCc2cc(C(F)(F)F)ccc21)COC3. The molecular weight excluding hydrogens is 387 g/mol. The molecular formula is C20H16F3N3O3. The molecule has 0 spiro atoms. The average Bonchev–Trinajstić information content (AvgIpc) is 3.30. The highest BCUT2D eigenvalue weighted by Crippen LogP contribution is 2.38. The van der Waals surface area contributed by atoms with Gasteiger partial charge in [0.15, 0.2) is 0 Å². The van der Waals surface area contributed by atoms with Crippen LogP contribution >= 0.6 is 0 Å². The standard InChI is InChI=1S/C20H16F3N3O3/c21-20(22,23)12-1-2-13-10(3-12)6-29-9-17(13)26-16(19(24)27)4-15-18(26)14-8-28-7-11(14)5-25-15/h1-5,17H,6-9H2,(H2,24,27)/t17-/m1/s1. The number of hydrogen-bond acceptors (Lipinski definition) is 4. The fourth-order valence-corrected chi connectivity index (χ4v) is 4.17. The van der Waals surface area contributed by atoms with E-state index in [1.165, 1.54) is 6.07 Å². The van der Waals surface area contributed by atoms with Gasteiger partial charge in [-0.1, -0.05) is 6.07 Å². The van der Waals surface area contributed by atoms with Gasteiger partial charge in [-0.05, 0) is 29.3 Å². The molecule has 1 aromatic carbocycles. The van der Waals surface area contributed by atoms with E-state index in [0.29, 0.717) is 35.4 Å². The molecule has 0 aliphatic carbocycles. The molecule has 0 radical (unpaired) electrons. The lowest BCUT2D eigenvalue weighted by Gasteiger charge is -2.29. The first-order valence-corrected chi connectivity index (χ1v) is 9.01. The van der Waals surface area contributed by atoms with Crippen LogP contribution in [-0.2, 0) is 35.5 Å². The van der Waals surface area contributed by atoms with Gasteiger partial charge in [0, 0.05) is 17.3 Å². The number of carbonyl (C=O) groups is 1. The molecule has 1 amide bonds. The molecule has 1 atom stereocenters. The molecule has 3 aromatic rings. The maximum absolute atomic E-state index is 13.1. The molecule has 5 rings (SSSR count). The number of halogens is 3. The highest BCUT2D eigenvalue weighted by Gasteiger charge is 2.34. The van der Waals surface area contributed by atoms with E-state index in [1.807, 2.05) is 0 Å². The number of benzene rings is 1. The fourth-order valence-electron chi connectivity index (χ4n) is 4.17. The van der Waals surface area contributed by atoms with Crippen LogP contribution in [0.2, 0.25) is 0 Å². The number of ether oxygens (including phenoxy) is 2. The first-order chi connectivity index (χ1) is 13.8. The summed E-state index contributed by atoms with van der Waals surface area (Å²) in [7, 11) is 0. The Balaban J connectivity index is 1.74. The van der Waals surface area contributed by atoms with Gasteiger partial charge in [0.25, 0.3) is 5.91 Å². The third-order valence-corrected chi connectivity index (χ3v) is 5.48. The molecule has 29 heavy (non-hydrogen) atoms. The summed E-state index contributed by atoms with van der Waals surface area (Å²) in [6, 6.07) is 4.71. The van der Waals surface area contributed by atoms with Crippen LogP contribution in [0, 0.1) is 0 Å². The van der Waals surface area contributed by atoms with Crippen molar-refractivity contribution in [2.45, 2.75) is 32.0 Å². The lowest BCUT2D eigenvalue weighted by atomic mass is 9.96. The van der Waals surface area contributed by atoms with E-state index in [0.717, 1.165) is 23.3 Å². The van der Waals surface area contributed by atoms with Crippen LogP contribution in [0.25, 0.3) is 11.0 Å². The Bertz CT molecular complexity index is 1150. The summed E-state index contributed by atoms with van der Waals surface area (Å²) in [5.74, 6) is -0.644. The van der Waals surface area contributed by atoms with Crippen LogP contribution in [0.15, 0.2) is 30.5 Å². The molecule has 0 saturated heterocycles. The van der Waals surface area contributed by atoms with Gasteiger partial charge in [-0.25, -0.2) is 0 Å². The van der Waals surface area contributed by atoms with Crippen molar-refractivity contribution in [1.29, 1.82) is 0 Å². The number of nitrogens with two attached hydrogens (primary N) is 1. The van der Waals surface area contributed by atoms with Gasteiger partial charge in [-0.3, -0.25) is 9.78 Å². The van der Waals surface area contributed by atoms with Gasteiger partial charge in [-0.15, -0.1) is 0 Å². The van der Waals surface area contributed by atoms with Gasteiger partial charge in [-0.2, -0.15) is 13.2 Å². The van der Waals surface area contributed by atoms with Crippen molar-refractivity contribution in [3.63, 3.8) is 0 Å². The molecule has 0 saturated carbocycles. The molecule has 2 aliphatic rings. The van der Waals surface area contributed by atoms with Gasteiger partial charge >= 0.3 is 6.18 Å². The maximum Gasteiger partial charge on any atom is 0.416 e. The summed E-state index contributed by atoms with van der Waals surface area (Å²) < 4.78 is 52.3. The molecule has 0 bridgehead atoms. The van der Waals surface area contributed by atoms with Gasteiger partial charge in [0.05, 0.1) is 49.1 Å². The highest BCUT2D eigenvalue weighted by atomic mass is 19.4. The summed E-state index contributed by atoms with van der Waals surface area (Å²) in [6.07, 6.45) is -2.73. The number of hydrogen-bond donors (Lipinski definition) is 1. The number of primary amides is 1. The Morgan fingerprint density at radius 2 is 1.93 bits per heavy atom. The topological polar surface area (TPSA) is 79.4 Å². The molecule has 2 aromatic heterocycles. The number of aromatic nitrogens is 2. The van der Waals surface area contributed by atoms with Crippen LogP contribution in [0.3, 0.4) is 0 Å². The fraction of sp³-hybridized carbons (Fsp3) is 0.300. The summed E-state index contributed by atoms with van der Waals surface area (Å²) in [5.41, 5.74) is 9.33. The number of fused-ring (bicyclic) bond motifs is 4. The first-order valence-electron chi connectivity index (χ1n) is 9.01. The first kappa shape index (κ1) is 18.1. The number of pyridine rings is 1. The van der Waals surface area contributed by atoms with Crippen LogP contribution in [0.5, 0.6) is 0 Å². The number of carbonyl (C=O) groups excluding carboxylic acids is 1. The van der Waals surface area contributed by atoms with E-state index in [4.69, 9.17) is 15.2 Å². The molecule has 150 valence electrons. The third kappa shape index (κ3) is 2.80. The zero-order valence-corrected chi connectivity index (χ0v) is 15.1. The van der Waals surface area contributed by atoms with E-state index < -0.39 is 23.7 Å². The molecule has 4 heterocycles. The van der Waals surface area contributed by atoms with Crippen LogP contribution in [0.4, 0.5) is 13.2 Å². The molecule has 0 fully saturated rings. The van der Waals surface area contributed by atoms with E-state index in [-0.39, 0.29) is 18.9 Å². The van der Waals surface area contributed by atoms with Crippen LogP contribution < -0.4 is 5.73 Å². The second kappa shape index (κ2) is 6.30. The predicted octanol–water partition coefficient (Wildman–Crippen LogP) is 3.30. The van der Waals surface area contributed by atoms with Gasteiger partial charge < -0.3 is 19.8 Å². The maximum atomic E-state index is 13.1.